The summed E-state index contributed by atoms with van der Waals surface area (Å²) >= 11 is 5.98. The van der Waals surface area contributed by atoms with E-state index in [1.807, 2.05) is 13.8 Å². The van der Waals surface area contributed by atoms with E-state index < -0.39 is 22.8 Å². The van der Waals surface area contributed by atoms with Crippen molar-refractivity contribution < 1.29 is 14.4 Å². The first kappa shape index (κ1) is 22.5. The van der Waals surface area contributed by atoms with Crippen LogP contribution >= 0.6 is 11.6 Å². The highest BCUT2D eigenvalue weighted by Gasteiger charge is 2.36. The Morgan fingerprint density at radius 1 is 1.03 bits per heavy atom. The number of carbonyl (C=O) groups is 3. The molecule has 0 atom stereocenters. The summed E-state index contributed by atoms with van der Waals surface area (Å²) < 4.78 is 1.28. The summed E-state index contributed by atoms with van der Waals surface area (Å²) in [6.07, 6.45) is 2.17. The van der Waals surface area contributed by atoms with Crippen LogP contribution in [0.1, 0.15) is 56.9 Å². The van der Waals surface area contributed by atoms with E-state index in [4.69, 9.17) is 17.3 Å². The zero-order valence-corrected chi connectivity index (χ0v) is 18.9. The number of primary amides is 1. The van der Waals surface area contributed by atoms with E-state index in [0.29, 0.717) is 34.7 Å². The number of rotatable bonds is 4. The summed E-state index contributed by atoms with van der Waals surface area (Å²) in [5.41, 5.74) is 5.81. The number of pyridine rings is 1. The van der Waals surface area contributed by atoms with Gasteiger partial charge in [0.05, 0.1) is 11.3 Å². The molecule has 7 nitrogen and oxygen atoms in total. The molecule has 2 aromatic carbocycles. The number of hydrogen-bond donors (Lipinski definition) is 2. The van der Waals surface area contributed by atoms with Crippen LogP contribution in [0.3, 0.4) is 0 Å². The first-order valence-electron chi connectivity index (χ1n) is 10.4. The molecular weight excluding hydrogens is 442 g/mol. The molecule has 0 radical (unpaired) electrons. The zero-order chi connectivity index (χ0) is 23.9. The van der Waals surface area contributed by atoms with Gasteiger partial charge in [0.25, 0.3) is 17.4 Å². The summed E-state index contributed by atoms with van der Waals surface area (Å²) in [6, 6.07) is 12.8. The Kier molecular flexibility index (Phi) is 5.68. The van der Waals surface area contributed by atoms with Gasteiger partial charge in [-0.15, -0.1) is 0 Å². The lowest BCUT2D eigenvalue weighted by atomic mass is 9.73. The fourth-order valence-corrected chi connectivity index (χ4v) is 4.29. The van der Waals surface area contributed by atoms with Crippen LogP contribution in [0, 0.1) is 5.41 Å². The predicted molar refractivity (Wildman–Crippen MR) is 126 cm³/mol. The normalized spacial score (nSPS) is 14.5. The lowest BCUT2D eigenvalue weighted by Gasteiger charge is -2.31. The van der Waals surface area contributed by atoms with Gasteiger partial charge in [0.15, 0.2) is 5.78 Å². The molecule has 2 amide bonds. The van der Waals surface area contributed by atoms with Crippen molar-refractivity contribution in [2.45, 2.75) is 26.7 Å². The van der Waals surface area contributed by atoms with Gasteiger partial charge in [-0.2, -0.15) is 0 Å². The summed E-state index contributed by atoms with van der Waals surface area (Å²) in [6.45, 7) is 3.84. The SMILES string of the molecule is CC1(C)CC(=O)c2cn(-c3ccc(Cl)cc3)c(=O)c(C(=O)Nc3ccccc3C(N)=O)c2C1. The number of halogens is 1. The molecule has 0 fully saturated rings. The molecular formula is C25H22ClN3O4. The molecule has 8 heteroatoms. The second kappa shape index (κ2) is 8.33. The Labute approximate surface area is 195 Å². The van der Waals surface area contributed by atoms with Crippen LogP contribution < -0.4 is 16.6 Å². The predicted octanol–water partition coefficient (Wildman–Crippen LogP) is 4.00. The van der Waals surface area contributed by atoms with E-state index in [9.17, 15) is 19.2 Å². The van der Waals surface area contributed by atoms with Gasteiger partial charge in [-0.1, -0.05) is 37.6 Å². The fourth-order valence-electron chi connectivity index (χ4n) is 4.16. The van der Waals surface area contributed by atoms with Crippen molar-refractivity contribution in [2.75, 3.05) is 5.32 Å². The number of fused-ring (bicyclic) bond motifs is 1. The number of amides is 2. The van der Waals surface area contributed by atoms with E-state index in [1.54, 1.807) is 36.4 Å². The van der Waals surface area contributed by atoms with E-state index in [2.05, 4.69) is 5.32 Å². The molecule has 0 bridgehead atoms. The minimum absolute atomic E-state index is 0.116. The van der Waals surface area contributed by atoms with Gasteiger partial charge in [0.1, 0.15) is 5.56 Å². The van der Waals surface area contributed by atoms with Gasteiger partial charge in [-0.3, -0.25) is 23.7 Å². The van der Waals surface area contributed by atoms with E-state index in [1.165, 1.54) is 22.9 Å². The largest absolute Gasteiger partial charge is 0.366 e. The third-order valence-electron chi connectivity index (χ3n) is 5.69. The van der Waals surface area contributed by atoms with Crippen LogP contribution in [-0.4, -0.2) is 22.2 Å². The number of Topliss-reactive ketones (excluding diaryl/α,β-unsaturated/α-hetero) is 1. The second-order valence-corrected chi connectivity index (χ2v) is 9.29. The Morgan fingerprint density at radius 2 is 1.70 bits per heavy atom. The van der Waals surface area contributed by atoms with Gasteiger partial charge < -0.3 is 11.1 Å². The molecule has 0 spiro atoms. The molecule has 0 unspecified atom stereocenters. The third kappa shape index (κ3) is 4.32. The Bertz CT molecular complexity index is 1360. The molecule has 0 aliphatic heterocycles. The van der Waals surface area contributed by atoms with Crippen molar-refractivity contribution in [3.8, 4) is 5.69 Å². The van der Waals surface area contributed by atoms with Crippen LogP contribution in [0.5, 0.6) is 0 Å². The number of ketones is 1. The molecule has 0 saturated carbocycles. The molecule has 0 saturated heterocycles. The standard InChI is InChI=1S/C25H22ClN3O4/c1-25(2)11-17-18(20(30)12-25)13-29(15-9-7-14(26)8-10-15)24(33)21(17)23(32)28-19-6-4-3-5-16(19)22(27)31/h3-10,13H,11-12H2,1-2H3,(H2,27,31)(H,28,32). The van der Waals surface area contributed by atoms with E-state index in [0.717, 1.165) is 0 Å². The number of benzene rings is 2. The average molecular weight is 464 g/mol. The van der Waals surface area contributed by atoms with Crippen molar-refractivity contribution in [1.82, 2.24) is 4.57 Å². The fraction of sp³-hybridized carbons (Fsp3) is 0.200. The van der Waals surface area contributed by atoms with Crippen molar-refractivity contribution >= 4 is 34.9 Å². The van der Waals surface area contributed by atoms with Crippen LogP contribution in [-0.2, 0) is 6.42 Å². The van der Waals surface area contributed by atoms with Gasteiger partial charge in [0.2, 0.25) is 0 Å². The highest BCUT2D eigenvalue weighted by atomic mass is 35.5. The zero-order valence-electron chi connectivity index (χ0n) is 18.1. The number of hydrogen-bond acceptors (Lipinski definition) is 4. The molecule has 33 heavy (non-hydrogen) atoms. The van der Waals surface area contributed by atoms with Gasteiger partial charge in [-0.25, -0.2) is 0 Å². The molecule has 1 aliphatic carbocycles. The van der Waals surface area contributed by atoms with E-state index in [-0.39, 0.29) is 22.6 Å². The third-order valence-corrected chi connectivity index (χ3v) is 5.94. The molecule has 1 heterocycles. The van der Waals surface area contributed by atoms with Crippen molar-refractivity contribution in [3.05, 3.63) is 92.4 Å². The smallest absolute Gasteiger partial charge is 0.268 e. The number of anilines is 1. The topological polar surface area (TPSA) is 111 Å². The molecule has 3 N–H and O–H groups in total. The minimum atomic E-state index is -0.712. The first-order chi connectivity index (χ1) is 15.6. The Balaban J connectivity index is 1.92. The number of nitrogens with zero attached hydrogens (tertiary/aromatic N) is 1. The highest BCUT2D eigenvalue weighted by Crippen LogP contribution is 2.36. The summed E-state index contributed by atoms with van der Waals surface area (Å²) in [5, 5.41) is 3.13. The Hall–Kier alpha value is -3.71. The Morgan fingerprint density at radius 3 is 2.36 bits per heavy atom. The molecule has 168 valence electrons. The van der Waals surface area contributed by atoms with Crippen LogP contribution in [0.25, 0.3) is 5.69 Å². The van der Waals surface area contributed by atoms with Gasteiger partial charge >= 0.3 is 0 Å². The maximum absolute atomic E-state index is 13.6. The highest BCUT2D eigenvalue weighted by molar-refractivity contribution is 6.30. The first-order valence-corrected chi connectivity index (χ1v) is 10.7. The maximum atomic E-state index is 13.6. The average Bonchev–Trinajstić information content (AvgIpc) is 2.73. The quantitative estimate of drug-likeness (QED) is 0.609. The van der Waals surface area contributed by atoms with Crippen LogP contribution in [0.15, 0.2) is 59.5 Å². The summed E-state index contributed by atoms with van der Waals surface area (Å²) in [5.74, 6) is -1.56. The molecule has 1 aromatic heterocycles. The lowest BCUT2D eigenvalue weighted by Crippen LogP contribution is -2.37. The summed E-state index contributed by atoms with van der Waals surface area (Å²) in [4.78, 5) is 51.8. The van der Waals surface area contributed by atoms with Crippen LogP contribution in [0.4, 0.5) is 5.69 Å². The van der Waals surface area contributed by atoms with Gasteiger partial charge in [0, 0.05) is 28.9 Å². The van der Waals surface area contributed by atoms with Crippen LogP contribution in [0.2, 0.25) is 5.02 Å². The summed E-state index contributed by atoms with van der Waals surface area (Å²) in [7, 11) is 0. The molecule has 4 rings (SSSR count). The van der Waals surface area contributed by atoms with E-state index >= 15 is 0 Å². The van der Waals surface area contributed by atoms with Gasteiger partial charge in [-0.05, 0) is 53.8 Å². The second-order valence-electron chi connectivity index (χ2n) is 8.85. The lowest BCUT2D eigenvalue weighted by molar-refractivity contribution is 0.0909. The monoisotopic (exact) mass is 463 g/mol. The number of carbonyl (C=O) groups excluding carboxylic acids is 3. The number of nitrogens with two attached hydrogens (primary N) is 1. The van der Waals surface area contributed by atoms with Crippen molar-refractivity contribution in [1.29, 1.82) is 0 Å². The number of para-hydroxylation sites is 1. The number of nitrogens with one attached hydrogen (secondary N) is 1. The van der Waals surface area contributed by atoms with Crippen molar-refractivity contribution in [2.24, 2.45) is 11.1 Å². The minimum Gasteiger partial charge on any atom is -0.366 e. The molecule has 3 aromatic rings. The number of aromatic nitrogens is 1. The van der Waals surface area contributed by atoms with Crippen molar-refractivity contribution in [3.63, 3.8) is 0 Å². The molecule has 1 aliphatic rings. The maximum Gasteiger partial charge on any atom is 0.268 e.